The average Bonchev–Trinajstić information content (AvgIpc) is 2.56. The molecule has 24 heavy (non-hydrogen) atoms. The van der Waals surface area contributed by atoms with Gasteiger partial charge in [0.15, 0.2) is 0 Å². The van der Waals surface area contributed by atoms with Crippen LogP contribution in [0.1, 0.15) is 19.4 Å². The van der Waals surface area contributed by atoms with E-state index in [0.717, 1.165) is 25.2 Å². The molecule has 1 amide bonds. The van der Waals surface area contributed by atoms with E-state index in [2.05, 4.69) is 36.1 Å². The molecule has 4 nitrogen and oxygen atoms in total. The fourth-order valence-corrected chi connectivity index (χ4v) is 3.47. The number of β-amino-alcohol motifs (C(OH)–C–C–N with tert-alkyl or cyclic N) is 1. The van der Waals surface area contributed by atoms with Crippen molar-refractivity contribution in [2.45, 2.75) is 32.4 Å². The first-order valence-electron chi connectivity index (χ1n) is 8.70. The monoisotopic (exact) mass is 326 g/mol. The van der Waals surface area contributed by atoms with Crippen LogP contribution >= 0.6 is 0 Å². The van der Waals surface area contributed by atoms with Crippen LogP contribution in [0.3, 0.4) is 0 Å². The largest absolute Gasteiger partial charge is 0.392 e. The minimum atomic E-state index is -0.327. The van der Waals surface area contributed by atoms with Crippen LogP contribution in [0.2, 0.25) is 0 Å². The zero-order valence-corrected chi connectivity index (χ0v) is 14.5. The molecule has 1 fully saturated rings. The summed E-state index contributed by atoms with van der Waals surface area (Å²) < 4.78 is 0. The molecule has 3 rings (SSSR count). The molecule has 0 aromatic heterocycles. The maximum absolute atomic E-state index is 12.6. The fraction of sp³-hybridized carbons (Fsp3) is 0.450. The van der Waals surface area contributed by atoms with Gasteiger partial charge in [0.2, 0.25) is 5.91 Å². The van der Waals surface area contributed by atoms with E-state index < -0.39 is 0 Å². The van der Waals surface area contributed by atoms with E-state index in [0.29, 0.717) is 13.0 Å². The second kappa shape index (κ2) is 7.32. The predicted octanol–water partition coefficient (Wildman–Crippen LogP) is 2.30. The maximum Gasteiger partial charge on any atom is 0.227 e. The number of carbonyl (C=O) groups is 1. The van der Waals surface area contributed by atoms with Gasteiger partial charge in [0.25, 0.3) is 0 Å². The molecule has 4 heteroatoms. The van der Waals surface area contributed by atoms with Gasteiger partial charge in [0.05, 0.1) is 12.5 Å². The molecule has 128 valence electrons. The lowest BCUT2D eigenvalue weighted by molar-refractivity contribution is -0.133. The molecule has 0 spiro atoms. The van der Waals surface area contributed by atoms with Crippen molar-refractivity contribution in [2.24, 2.45) is 0 Å². The quantitative estimate of drug-likeness (QED) is 0.937. The second-order valence-corrected chi connectivity index (χ2v) is 6.89. The molecule has 1 saturated heterocycles. The van der Waals surface area contributed by atoms with Gasteiger partial charge in [-0.2, -0.15) is 0 Å². The summed E-state index contributed by atoms with van der Waals surface area (Å²) in [7, 11) is 0. The molecule has 1 aliphatic heterocycles. The average molecular weight is 326 g/mol. The first-order valence-corrected chi connectivity index (χ1v) is 8.70. The first-order chi connectivity index (χ1) is 11.5. The molecule has 2 unspecified atom stereocenters. The smallest absolute Gasteiger partial charge is 0.227 e. The normalized spacial score (nSPS) is 20.3. The van der Waals surface area contributed by atoms with Gasteiger partial charge >= 0.3 is 0 Å². The molecule has 1 N–H and O–H groups in total. The molecule has 2 aromatic rings. The number of rotatable bonds is 4. The van der Waals surface area contributed by atoms with Crippen molar-refractivity contribution in [2.75, 3.05) is 26.2 Å². The highest BCUT2D eigenvalue weighted by Gasteiger charge is 2.27. The Balaban J connectivity index is 1.62. The van der Waals surface area contributed by atoms with Crippen LogP contribution in [-0.2, 0) is 11.2 Å². The lowest BCUT2D eigenvalue weighted by Crippen LogP contribution is -2.55. The topological polar surface area (TPSA) is 43.8 Å². The van der Waals surface area contributed by atoms with Crippen molar-refractivity contribution in [3.05, 3.63) is 48.0 Å². The Hall–Kier alpha value is -1.91. The highest BCUT2D eigenvalue weighted by Crippen LogP contribution is 2.17. The fourth-order valence-electron chi connectivity index (χ4n) is 3.47. The van der Waals surface area contributed by atoms with Gasteiger partial charge < -0.3 is 10.0 Å². The Bertz CT molecular complexity index is 714. The molecule has 2 aromatic carbocycles. The number of benzene rings is 2. The van der Waals surface area contributed by atoms with E-state index in [1.165, 1.54) is 10.8 Å². The summed E-state index contributed by atoms with van der Waals surface area (Å²) in [6, 6.07) is 14.8. The molecule has 0 radical (unpaired) electrons. The summed E-state index contributed by atoms with van der Waals surface area (Å²) >= 11 is 0. The third-order valence-corrected chi connectivity index (χ3v) is 4.79. The zero-order valence-electron chi connectivity index (χ0n) is 14.5. The highest BCUT2D eigenvalue weighted by atomic mass is 16.3. The van der Waals surface area contributed by atoms with Gasteiger partial charge in [-0.15, -0.1) is 0 Å². The third kappa shape index (κ3) is 3.94. The van der Waals surface area contributed by atoms with Crippen molar-refractivity contribution in [1.29, 1.82) is 0 Å². The molecule has 1 aliphatic rings. The van der Waals surface area contributed by atoms with Crippen molar-refractivity contribution in [1.82, 2.24) is 9.80 Å². The summed E-state index contributed by atoms with van der Waals surface area (Å²) in [5, 5.41) is 11.9. The lowest BCUT2D eigenvalue weighted by Gasteiger charge is -2.40. The van der Waals surface area contributed by atoms with Crippen LogP contribution in [0, 0.1) is 0 Å². The summed E-state index contributed by atoms with van der Waals surface area (Å²) in [6.07, 6.45) is 0.126. The van der Waals surface area contributed by atoms with Crippen molar-refractivity contribution in [3.8, 4) is 0 Å². The third-order valence-electron chi connectivity index (χ3n) is 4.79. The van der Waals surface area contributed by atoms with Crippen LogP contribution in [0.5, 0.6) is 0 Å². The molecule has 0 bridgehead atoms. The number of aliphatic hydroxyl groups excluding tert-OH is 1. The summed E-state index contributed by atoms with van der Waals surface area (Å²) in [4.78, 5) is 16.8. The highest BCUT2D eigenvalue weighted by molar-refractivity contribution is 5.85. The molecule has 2 atom stereocenters. The van der Waals surface area contributed by atoms with Crippen molar-refractivity contribution < 1.29 is 9.90 Å². The van der Waals surface area contributed by atoms with E-state index in [1.807, 2.05) is 30.0 Å². The number of carbonyl (C=O) groups excluding carboxylic acids is 1. The number of fused-ring (bicyclic) bond motifs is 1. The van der Waals surface area contributed by atoms with E-state index in [-0.39, 0.29) is 18.1 Å². The van der Waals surface area contributed by atoms with Gasteiger partial charge in [0, 0.05) is 32.2 Å². The Morgan fingerprint density at radius 3 is 2.67 bits per heavy atom. The number of hydrogen-bond donors (Lipinski definition) is 1. The van der Waals surface area contributed by atoms with Gasteiger partial charge in [-0.25, -0.2) is 0 Å². The van der Waals surface area contributed by atoms with E-state index >= 15 is 0 Å². The summed E-state index contributed by atoms with van der Waals surface area (Å²) in [5.74, 6) is 0.189. The Morgan fingerprint density at radius 2 is 1.96 bits per heavy atom. The Labute approximate surface area is 143 Å². The van der Waals surface area contributed by atoms with Crippen LogP contribution in [0.15, 0.2) is 42.5 Å². The van der Waals surface area contributed by atoms with Gasteiger partial charge in [-0.3, -0.25) is 9.69 Å². The standard InChI is InChI=1S/C20H26N2O2/c1-15-13-22(10-9-21(15)14-16(2)23)20(24)12-17-7-8-18-5-3-4-6-19(18)11-17/h3-8,11,15-16,23H,9-10,12-14H2,1-2H3. The van der Waals surface area contributed by atoms with Gasteiger partial charge in [-0.1, -0.05) is 42.5 Å². The predicted molar refractivity (Wildman–Crippen MR) is 96.9 cm³/mol. The van der Waals surface area contributed by atoms with Crippen LogP contribution in [0.25, 0.3) is 10.8 Å². The maximum atomic E-state index is 12.6. The van der Waals surface area contributed by atoms with Crippen molar-refractivity contribution >= 4 is 16.7 Å². The number of amides is 1. The minimum Gasteiger partial charge on any atom is -0.392 e. The number of hydrogen-bond acceptors (Lipinski definition) is 3. The van der Waals surface area contributed by atoms with E-state index in [1.54, 1.807) is 0 Å². The molecular weight excluding hydrogens is 300 g/mol. The number of piperazine rings is 1. The number of aliphatic hydroxyl groups is 1. The second-order valence-electron chi connectivity index (χ2n) is 6.89. The Morgan fingerprint density at radius 1 is 1.21 bits per heavy atom. The van der Waals surface area contributed by atoms with Gasteiger partial charge in [-0.05, 0) is 30.2 Å². The van der Waals surface area contributed by atoms with E-state index in [4.69, 9.17) is 0 Å². The van der Waals surface area contributed by atoms with Gasteiger partial charge in [0.1, 0.15) is 0 Å². The van der Waals surface area contributed by atoms with Crippen LogP contribution in [0.4, 0.5) is 0 Å². The molecular formula is C20H26N2O2. The Kier molecular flexibility index (Phi) is 5.17. The molecule has 0 aliphatic carbocycles. The summed E-state index contributed by atoms with van der Waals surface area (Å²) in [6.45, 7) is 6.91. The minimum absolute atomic E-state index is 0.189. The molecule has 0 saturated carbocycles. The SMILES string of the molecule is CC(O)CN1CCN(C(=O)Cc2ccc3ccccc3c2)CC1C. The van der Waals surface area contributed by atoms with E-state index in [9.17, 15) is 9.90 Å². The van der Waals surface area contributed by atoms with Crippen LogP contribution < -0.4 is 0 Å². The number of nitrogens with zero attached hydrogens (tertiary/aromatic N) is 2. The first kappa shape index (κ1) is 16.9. The zero-order chi connectivity index (χ0) is 17.1. The van der Waals surface area contributed by atoms with Crippen LogP contribution in [-0.4, -0.2) is 59.1 Å². The lowest BCUT2D eigenvalue weighted by atomic mass is 10.0. The molecule has 1 heterocycles. The van der Waals surface area contributed by atoms with Crippen molar-refractivity contribution in [3.63, 3.8) is 0 Å². The summed E-state index contributed by atoms with van der Waals surface area (Å²) in [5.41, 5.74) is 1.07.